The lowest BCUT2D eigenvalue weighted by Gasteiger charge is -2.60. The Morgan fingerprint density at radius 1 is 0.896 bits per heavy atom. The van der Waals surface area contributed by atoms with Crippen molar-refractivity contribution in [2.45, 2.75) is 148 Å². The Labute approximate surface area is 399 Å². The summed E-state index contributed by atoms with van der Waals surface area (Å²) in [6.07, 6.45) is 15.4. The first-order valence-electron chi connectivity index (χ1n) is 25.2. The van der Waals surface area contributed by atoms with Gasteiger partial charge in [-0.3, -0.25) is 4.79 Å². The van der Waals surface area contributed by atoms with Crippen molar-refractivity contribution in [3.05, 3.63) is 125 Å². The largest absolute Gasteiger partial charge is 0.459 e. The first kappa shape index (κ1) is 48.5. The van der Waals surface area contributed by atoms with Crippen LogP contribution in [0.2, 0.25) is 0 Å². The normalized spacial score (nSPS) is 24.1. The molecular formula is C58H74N2O7. The average Bonchev–Trinajstić information content (AvgIpc) is 3.85. The van der Waals surface area contributed by atoms with Crippen molar-refractivity contribution in [1.82, 2.24) is 4.90 Å². The molecule has 1 amide bonds. The Kier molecular flexibility index (Phi) is 15.6. The number of carbonyl (C=O) groups excluding carboxylic acids is 1. The Morgan fingerprint density at radius 3 is 2.37 bits per heavy atom. The highest BCUT2D eigenvalue weighted by Gasteiger charge is 2.65. The third kappa shape index (κ3) is 10.8. The van der Waals surface area contributed by atoms with Crippen LogP contribution in [-0.2, 0) is 20.9 Å². The first-order chi connectivity index (χ1) is 32.4. The molecule has 0 radical (unpaired) electrons. The molecule has 8 rings (SSSR count). The molecular weight excluding hydrogens is 837 g/mol. The van der Waals surface area contributed by atoms with Crippen LogP contribution in [0.1, 0.15) is 132 Å². The minimum Gasteiger partial charge on any atom is -0.459 e. The van der Waals surface area contributed by atoms with Crippen LogP contribution in [0.5, 0.6) is 17.2 Å². The number of nitrogens with zero attached hydrogens (tertiary/aromatic N) is 2. The van der Waals surface area contributed by atoms with Gasteiger partial charge in [0.25, 0.3) is 0 Å². The molecule has 9 nitrogen and oxygen atoms in total. The lowest BCUT2D eigenvalue weighted by molar-refractivity contribution is -0.258. The lowest BCUT2D eigenvalue weighted by Crippen LogP contribution is -2.70. The van der Waals surface area contributed by atoms with Gasteiger partial charge in [-0.05, 0) is 148 Å². The van der Waals surface area contributed by atoms with E-state index < -0.39 is 23.3 Å². The third-order valence-corrected chi connectivity index (χ3v) is 14.9. The van der Waals surface area contributed by atoms with Crippen LogP contribution in [0.15, 0.2) is 108 Å². The maximum atomic E-state index is 15.5. The fourth-order valence-corrected chi connectivity index (χ4v) is 11.6. The van der Waals surface area contributed by atoms with Gasteiger partial charge in [0.1, 0.15) is 28.9 Å². The van der Waals surface area contributed by atoms with E-state index in [9.17, 15) is 10.2 Å². The molecule has 6 atom stereocenters. The summed E-state index contributed by atoms with van der Waals surface area (Å²) in [6, 6.07) is 26.5. The molecule has 6 unspecified atom stereocenters. The van der Waals surface area contributed by atoms with E-state index in [2.05, 4.69) is 92.1 Å². The van der Waals surface area contributed by atoms with Crippen molar-refractivity contribution in [3.63, 3.8) is 0 Å². The molecule has 0 spiro atoms. The second-order valence-electron chi connectivity index (χ2n) is 20.7. The van der Waals surface area contributed by atoms with Crippen LogP contribution < -0.4 is 9.47 Å². The van der Waals surface area contributed by atoms with Crippen LogP contribution in [0.25, 0.3) is 10.8 Å². The number of hydrogen-bond acceptors (Lipinski definition) is 8. The van der Waals surface area contributed by atoms with Gasteiger partial charge in [-0.1, -0.05) is 104 Å². The summed E-state index contributed by atoms with van der Waals surface area (Å²) >= 11 is 0. The van der Waals surface area contributed by atoms with Crippen LogP contribution in [-0.4, -0.2) is 64.0 Å². The Morgan fingerprint density at radius 2 is 1.63 bits per heavy atom. The molecule has 2 N–H and O–H groups in total. The molecule has 67 heavy (non-hydrogen) atoms. The molecule has 3 aliphatic carbocycles. The molecule has 1 heterocycles. The number of aryl methyl sites for hydroxylation is 2. The van der Waals surface area contributed by atoms with E-state index in [1.165, 1.54) is 18.4 Å². The highest BCUT2D eigenvalue weighted by Crippen LogP contribution is 2.62. The van der Waals surface area contributed by atoms with Gasteiger partial charge in [0.2, 0.25) is 11.7 Å². The van der Waals surface area contributed by atoms with E-state index in [1.54, 1.807) is 6.08 Å². The molecule has 0 saturated heterocycles. The minimum absolute atomic E-state index is 0.0789. The van der Waals surface area contributed by atoms with Gasteiger partial charge in [-0.15, -0.1) is 6.58 Å². The number of carbonyl (C=O) groups is 1. The second-order valence-corrected chi connectivity index (χ2v) is 20.7. The Hall–Kier alpha value is -4.96. The predicted molar refractivity (Wildman–Crippen MR) is 267 cm³/mol. The van der Waals surface area contributed by atoms with E-state index in [-0.39, 0.29) is 43.5 Å². The number of oxime groups is 1. The van der Waals surface area contributed by atoms with E-state index in [0.717, 1.165) is 89.4 Å². The maximum Gasteiger partial charge on any atom is 0.239 e. The number of amides is 1. The van der Waals surface area contributed by atoms with Gasteiger partial charge in [0.15, 0.2) is 0 Å². The van der Waals surface area contributed by atoms with Crippen LogP contribution >= 0.6 is 0 Å². The van der Waals surface area contributed by atoms with Crippen molar-refractivity contribution >= 4 is 22.4 Å². The number of fused-ring (bicyclic) bond motifs is 3. The summed E-state index contributed by atoms with van der Waals surface area (Å²) in [5, 5.41) is 27.5. The zero-order valence-electron chi connectivity index (χ0n) is 40.7. The van der Waals surface area contributed by atoms with Gasteiger partial charge in [-0.25, -0.2) is 0 Å². The highest BCUT2D eigenvalue weighted by molar-refractivity contribution is 6.03. The number of rotatable bonds is 20. The fraction of sp³-hybridized carbons (Fsp3) is 0.517. The van der Waals surface area contributed by atoms with Crippen molar-refractivity contribution in [3.8, 4) is 17.2 Å². The standard InChI is InChI=1S/C58H74N2O7/c1-7-33-64-58-53(60(54(63)30-26-41-17-8-9-18-41)38-44-22-16-21-42-19-10-11-23-47(42)44)37-51(59-67-57(4,5)6)49-35-43(20-12-14-31-61)48(24-13-15-32-62)55(56(49)58)50-36-46(28-29-52(50)66-58)65-45-27-25-39(2)40(3)34-45/h7,10-11,16,19,21-23,25,27-29,34-36,41,43,48,53,55-56,61-62H,1,8-9,12-15,17-18,20,24,26,30-33,37-38H2,2-6H3. The summed E-state index contributed by atoms with van der Waals surface area (Å²) in [5.41, 5.74) is 5.70. The van der Waals surface area contributed by atoms with Crippen molar-refractivity contribution < 1.29 is 34.1 Å². The molecule has 1 aliphatic heterocycles. The van der Waals surface area contributed by atoms with Crippen LogP contribution in [0, 0.1) is 37.5 Å². The predicted octanol–water partition coefficient (Wildman–Crippen LogP) is 12.7. The van der Waals surface area contributed by atoms with Gasteiger partial charge >= 0.3 is 0 Å². The SMILES string of the molecule is C=CCOC12Oc3ccc(Oc4ccc(C)c(C)c4)cc3C3C(CCCCO)C(CCCCO)C=C(C(=NOC(C)(C)C)CC1N(Cc1cccc4ccccc14)C(=O)CCC1CCCC1)C32. The maximum absolute atomic E-state index is 15.5. The monoisotopic (exact) mass is 911 g/mol. The third-order valence-electron chi connectivity index (χ3n) is 14.9. The molecule has 0 bridgehead atoms. The number of unbranched alkanes of at least 4 members (excludes halogenated alkanes) is 2. The van der Waals surface area contributed by atoms with Crippen LogP contribution in [0.3, 0.4) is 0 Å². The minimum atomic E-state index is -1.35. The van der Waals surface area contributed by atoms with Gasteiger partial charge < -0.3 is 34.2 Å². The first-order valence-corrected chi connectivity index (χ1v) is 25.2. The van der Waals surface area contributed by atoms with Crippen molar-refractivity contribution in [2.24, 2.45) is 28.8 Å². The second kappa shape index (κ2) is 21.6. The number of allylic oxidation sites excluding steroid dienone is 1. The zero-order chi connectivity index (χ0) is 47.1. The molecule has 4 aliphatic rings. The van der Waals surface area contributed by atoms with E-state index in [4.69, 9.17) is 24.2 Å². The number of ether oxygens (including phenoxy) is 3. The molecule has 2 fully saturated rings. The van der Waals surface area contributed by atoms with Crippen molar-refractivity contribution in [1.29, 1.82) is 0 Å². The summed E-state index contributed by atoms with van der Waals surface area (Å²) in [6.45, 7) is 15.2. The highest BCUT2D eigenvalue weighted by atomic mass is 16.7. The summed E-state index contributed by atoms with van der Waals surface area (Å²) in [5.74, 6) is 1.08. The zero-order valence-corrected chi connectivity index (χ0v) is 40.7. The molecule has 0 aromatic heterocycles. The molecule has 2 saturated carbocycles. The smallest absolute Gasteiger partial charge is 0.239 e. The van der Waals surface area contributed by atoms with E-state index in [1.807, 2.05) is 39.0 Å². The lowest BCUT2D eigenvalue weighted by atomic mass is 9.55. The summed E-state index contributed by atoms with van der Waals surface area (Å²) < 4.78 is 21.6. The Bertz CT molecular complexity index is 2410. The summed E-state index contributed by atoms with van der Waals surface area (Å²) in [7, 11) is 0. The number of aliphatic hydroxyl groups excluding tert-OH is 2. The number of aliphatic hydroxyl groups is 2. The average molecular weight is 911 g/mol. The van der Waals surface area contributed by atoms with Gasteiger partial charge in [0.05, 0.1) is 18.2 Å². The molecule has 4 aromatic carbocycles. The number of benzene rings is 4. The molecule has 4 aromatic rings. The quantitative estimate of drug-likeness (QED) is 0.0516. The molecule has 358 valence electrons. The van der Waals surface area contributed by atoms with Gasteiger partial charge in [0, 0.05) is 44.1 Å². The topological polar surface area (TPSA) is 110 Å². The Balaban J connectivity index is 1.35. The van der Waals surface area contributed by atoms with E-state index in [0.29, 0.717) is 49.6 Å². The van der Waals surface area contributed by atoms with Crippen molar-refractivity contribution in [2.75, 3.05) is 19.8 Å². The fourth-order valence-electron chi connectivity index (χ4n) is 11.6. The summed E-state index contributed by atoms with van der Waals surface area (Å²) in [4.78, 5) is 24.0. The number of hydrogen-bond donors (Lipinski definition) is 2. The molecule has 9 heteroatoms. The van der Waals surface area contributed by atoms with Gasteiger partial charge in [-0.2, -0.15) is 0 Å². The van der Waals surface area contributed by atoms with E-state index >= 15 is 4.79 Å². The van der Waals surface area contributed by atoms with Crippen LogP contribution in [0.4, 0.5) is 0 Å².